The summed E-state index contributed by atoms with van der Waals surface area (Å²) in [6.07, 6.45) is 5.90. The predicted octanol–water partition coefficient (Wildman–Crippen LogP) is 4.01. The summed E-state index contributed by atoms with van der Waals surface area (Å²) in [6, 6.07) is 8.84. The molecule has 0 aliphatic heterocycles. The van der Waals surface area contributed by atoms with Crippen LogP contribution in [0.15, 0.2) is 24.3 Å². The maximum absolute atomic E-state index is 13.1. The zero-order chi connectivity index (χ0) is 11.4. The summed E-state index contributed by atoms with van der Waals surface area (Å²) in [7, 11) is 0. The number of halogens is 1. The van der Waals surface area contributed by atoms with Crippen molar-refractivity contribution in [1.29, 1.82) is 5.26 Å². The summed E-state index contributed by atoms with van der Waals surface area (Å²) < 4.78 is 13.1. The van der Waals surface area contributed by atoms with E-state index in [1.54, 1.807) is 6.07 Å². The van der Waals surface area contributed by atoms with Crippen LogP contribution in [0.5, 0.6) is 0 Å². The molecular formula is C14H16FN. The van der Waals surface area contributed by atoms with Gasteiger partial charge >= 0.3 is 0 Å². The largest absolute Gasteiger partial charge is 0.207 e. The predicted molar refractivity (Wildman–Crippen MR) is 61.3 cm³/mol. The SMILES string of the molecule is N#CC(c1cccc(F)c1)C1CCCCC1. The van der Waals surface area contributed by atoms with Gasteiger partial charge in [-0.05, 0) is 36.5 Å². The smallest absolute Gasteiger partial charge is 0.123 e. The number of hydrogen-bond donors (Lipinski definition) is 0. The summed E-state index contributed by atoms with van der Waals surface area (Å²) in [5.41, 5.74) is 0.842. The fraction of sp³-hybridized carbons (Fsp3) is 0.500. The summed E-state index contributed by atoms with van der Waals surface area (Å²) in [4.78, 5) is 0. The number of nitrogens with zero attached hydrogens (tertiary/aromatic N) is 1. The quantitative estimate of drug-likeness (QED) is 0.734. The van der Waals surface area contributed by atoms with Crippen LogP contribution in [0.25, 0.3) is 0 Å². The number of benzene rings is 1. The molecule has 1 aromatic rings. The van der Waals surface area contributed by atoms with E-state index in [4.69, 9.17) is 0 Å². The highest BCUT2D eigenvalue weighted by molar-refractivity contribution is 5.26. The molecule has 0 heterocycles. The summed E-state index contributed by atoms with van der Waals surface area (Å²) >= 11 is 0. The molecule has 0 spiro atoms. The lowest BCUT2D eigenvalue weighted by Gasteiger charge is -2.26. The van der Waals surface area contributed by atoms with Crippen LogP contribution in [0, 0.1) is 23.1 Å². The van der Waals surface area contributed by atoms with Gasteiger partial charge in [0, 0.05) is 0 Å². The van der Waals surface area contributed by atoms with Gasteiger partial charge in [-0.1, -0.05) is 31.4 Å². The maximum Gasteiger partial charge on any atom is 0.123 e. The normalized spacial score (nSPS) is 19.0. The Morgan fingerprint density at radius 3 is 2.62 bits per heavy atom. The van der Waals surface area contributed by atoms with Gasteiger partial charge in [-0.3, -0.25) is 0 Å². The monoisotopic (exact) mass is 217 g/mol. The second kappa shape index (κ2) is 5.12. The second-order valence-electron chi connectivity index (χ2n) is 4.56. The van der Waals surface area contributed by atoms with E-state index >= 15 is 0 Å². The molecule has 1 aromatic carbocycles. The highest BCUT2D eigenvalue weighted by atomic mass is 19.1. The van der Waals surface area contributed by atoms with Gasteiger partial charge in [-0.2, -0.15) is 5.26 Å². The number of rotatable bonds is 2. The Balaban J connectivity index is 2.18. The maximum atomic E-state index is 13.1. The molecule has 1 nitrogen and oxygen atoms in total. The van der Waals surface area contributed by atoms with Crippen LogP contribution in [0.2, 0.25) is 0 Å². The van der Waals surface area contributed by atoms with E-state index < -0.39 is 0 Å². The average molecular weight is 217 g/mol. The van der Waals surface area contributed by atoms with Gasteiger partial charge in [-0.15, -0.1) is 0 Å². The van der Waals surface area contributed by atoms with Crippen molar-refractivity contribution >= 4 is 0 Å². The van der Waals surface area contributed by atoms with Crippen molar-refractivity contribution < 1.29 is 4.39 Å². The van der Waals surface area contributed by atoms with E-state index in [0.717, 1.165) is 18.4 Å². The molecular weight excluding hydrogens is 201 g/mol. The Kier molecular flexibility index (Phi) is 3.56. The molecule has 0 saturated heterocycles. The summed E-state index contributed by atoms with van der Waals surface area (Å²) in [6.45, 7) is 0. The molecule has 16 heavy (non-hydrogen) atoms. The Morgan fingerprint density at radius 1 is 1.25 bits per heavy atom. The zero-order valence-corrected chi connectivity index (χ0v) is 9.32. The first-order valence-corrected chi connectivity index (χ1v) is 5.96. The lowest BCUT2D eigenvalue weighted by molar-refractivity contribution is 0.335. The average Bonchev–Trinajstić information content (AvgIpc) is 2.31. The molecule has 1 fully saturated rings. The van der Waals surface area contributed by atoms with Crippen LogP contribution in [0.3, 0.4) is 0 Å². The first kappa shape index (κ1) is 11.1. The molecule has 1 atom stereocenters. The number of nitriles is 1. The first-order valence-electron chi connectivity index (χ1n) is 5.96. The topological polar surface area (TPSA) is 23.8 Å². The van der Waals surface area contributed by atoms with Gasteiger partial charge in [0.25, 0.3) is 0 Å². The van der Waals surface area contributed by atoms with Crippen molar-refractivity contribution in [1.82, 2.24) is 0 Å². The Morgan fingerprint density at radius 2 is 2.00 bits per heavy atom. The van der Waals surface area contributed by atoms with Crippen LogP contribution in [-0.2, 0) is 0 Å². The van der Waals surface area contributed by atoms with Crippen LogP contribution in [-0.4, -0.2) is 0 Å². The molecule has 0 bridgehead atoms. The minimum absolute atomic E-state index is 0.129. The lowest BCUT2D eigenvalue weighted by Crippen LogP contribution is -2.15. The Bertz CT molecular complexity index is 388. The van der Waals surface area contributed by atoms with E-state index in [2.05, 4.69) is 6.07 Å². The van der Waals surface area contributed by atoms with E-state index in [-0.39, 0.29) is 11.7 Å². The Labute approximate surface area is 95.9 Å². The molecule has 0 aromatic heterocycles. The van der Waals surface area contributed by atoms with E-state index in [1.807, 2.05) is 6.07 Å². The number of hydrogen-bond acceptors (Lipinski definition) is 1. The van der Waals surface area contributed by atoms with Crippen LogP contribution >= 0.6 is 0 Å². The zero-order valence-electron chi connectivity index (χ0n) is 9.32. The van der Waals surface area contributed by atoms with Crippen molar-refractivity contribution in [2.75, 3.05) is 0 Å². The van der Waals surface area contributed by atoms with Gasteiger partial charge in [0.1, 0.15) is 5.82 Å². The fourth-order valence-corrected chi connectivity index (χ4v) is 2.62. The standard InChI is InChI=1S/C14H16FN/c15-13-8-4-7-12(9-13)14(10-16)11-5-2-1-3-6-11/h4,7-9,11,14H,1-3,5-6H2. The molecule has 0 N–H and O–H groups in total. The third-order valence-corrected chi connectivity index (χ3v) is 3.47. The molecule has 1 unspecified atom stereocenters. The van der Waals surface area contributed by atoms with Gasteiger partial charge in [0.15, 0.2) is 0 Å². The van der Waals surface area contributed by atoms with Crippen LogP contribution in [0.1, 0.15) is 43.6 Å². The van der Waals surface area contributed by atoms with Crippen LogP contribution < -0.4 is 0 Å². The molecule has 0 amide bonds. The van der Waals surface area contributed by atoms with Gasteiger partial charge < -0.3 is 0 Å². The molecule has 0 radical (unpaired) electrons. The minimum atomic E-state index is -0.242. The van der Waals surface area contributed by atoms with E-state index in [0.29, 0.717) is 5.92 Å². The van der Waals surface area contributed by atoms with E-state index in [9.17, 15) is 9.65 Å². The highest BCUT2D eigenvalue weighted by Crippen LogP contribution is 2.35. The minimum Gasteiger partial charge on any atom is -0.207 e. The summed E-state index contributed by atoms with van der Waals surface area (Å²) in [5, 5.41) is 9.25. The van der Waals surface area contributed by atoms with E-state index in [1.165, 1.54) is 31.4 Å². The fourth-order valence-electron chi connectivity index (χ4n) is 2.62. The molecule has 2 heteroatoms. The lowest BCUT2D eigenvalue weighted by atomic mass is 9.77. The molecule has 1 aliphatic carbocycles. The third kappa shape index (κ3) is 2.41. The van der Waals surface area contributed by atoms with Crippen molar-refractivity contribution in [2.24, 2.45) is 5.92 Å². The van der Waals surface area contributed by atoms with Crippen LogP contribution in [0.4, 0.5) is 4.39 Å². The Hall–Kier alpha value is -1.36. The first-order chi connectivity index (χ1) is 7.81. The summed E-state index contributed by atoms with van der Waals surface area (Å²) in [5.74, 6) is 0.0464. The van der Waals surface area contributed by atoms with Gasteiger partial charge in [-0.25, -0.2) is 4.39 Å². The van der Waals surface area contributed by atoms with Crippen molar-refractivity contribution in [2.45, 2.75) is 38.0 Å². The van der Waals surface area contributed by atoms with Gasteiger partial charge in [0.2, 0.25) is 0 Å². The van der Waals surface area contributed by atoms with Crippen molar-refractivity contribution in [3.05, 3.63) is 35.6 Å². The molecule has 1 aliphatic rings. The highest BCUT2D eigenvalue weighted by Gasteiger charge is 2.24. The second-order valence-corrected chi connectivity index (χ2v) is 4.56. The molecule has 1 saturated carbocycles. The molecule has 84 valence electrons. The third-order valence-electron chi connectivity index (χ3n) is 3.47. The van der Waals surface area contributed by atoms with Crippen molar-refractivity contribution in [3.8, 4) is 6.07 Å². The van der Waals surface area contributed by atoms with Gasteiger partial charge in [0.05, 0.1) is 12.0 Å². The molecule has 2 rings (SSSR count). The van der Waals surface area contributed by atoms with Crippen molar-refractivity contribution in [3.63, 3.8) is 0 Å².